The molecule has 0 saturated heterocycles. The average Bonchev–Trinajstić information content (AvgIpc) is 3.44. The van der Waals surface area contributed by atoms with Gasteiger partial charge in [-0.3, -0.25) is 4.68 Å². The lowest BCUT2D eigenvalue weighted by atomic mass is 10.00. The largest absolute Gasteiger partial charge is 0.386 e. The summed E-state index contributed by atoms with van der Waals surface area (Å²) in [6, 6.07) is 12.2. The molecule has 0 unspecified atom stereocenters. The van der Waals surface area contributed by atoms with Crippen molar-refractivity contribution in [1.82, 2.24) is 25.2 Å². The van der Waals surface area contributed by atoms with E-state index in [4.69, 9.17) is 20.8 Å². The van der Waals surface area contributed by atoms with Crippen molar-refractivity contribution in [3.63, 3.8) is 0 Å². The first-order valence-electron chi connectivity index (χ1n) is 11.2. The van der Waals surface area contributed by atoms with Crippen molar-refractivity contribution >= 4 is 28.5 Å². The molecule has 0 radical (unpaired) electrons. The van der Waals surface area contributed by atoms with Gasteiger partial charge in [-0.25, -0.2) is 4.98 Å². The summed E-state index contributed by atoms with van der Waals surface area (Å²) in [5.41, 5.74) is 11.1. The molecule has 3 aromatic heterocycles. The van der Waals surface area contributed by atoms with Gasteiger partial charge in [-0.2, -0.15) is 5.10 Å². The molecule has 168 valence electrons. The van der Waals surface area contributed by atoms with E-state index < -0.39 is 0 Å². The number of nitrogens with one attached hydrogen (secondary N) is 2. The molecule has 33 heavy (non-hydrogen) atoms. The fraction of sp³-hybridized carbons (Fsp3) is 0.280. The second-order valence-electron chi connectivity index (χ2n) is 8.63. The van der Waals surface area contributed by atoms with E-state index in [1.165, 1.54) is 6.21 Å². The molecule has 1 aliphatic carbocycles. The maximum absolute atomic E-state index is 8.15. The van der Waals surface area contributed by atoms with Crippen LogP contribution in [-0.4, -0.2) is 26.1 Å². The molecule has 4 N–H and O–H groups in total. The summed E-state index contributed by atoms with van der Waals surface area (Å²) in [6.45, 7) is 4.80. The highest BCUT2D eigenvalue weighted by atomic mass is 16.5. The standard InChI is InChI=1S/C25H27N7O/c1-15(2)32-19-10-11-29-25(27)21(19)22(30-32)23-20(24(33-31-23)17-8-9-17)18(12-26)14-28-13-16-6-4-3-5-7-16/h3-7,10-12,14-15,17,26,28H,8-9,13H2,1-2H3,(H2,27,29)/b18-14+,26-12?. The van der Waals surface area contributed by atoms with Gasteiger partial charge >= 0.3 is 0 Å². The number of hydrogen-bond acceptors (Lipinski definition) is 7. The van der Waals surface area contributed by atoms with Crippen molar-refractivity contribution in [2.24, 2.45) is 0 Å². The highest BCUT2D eigenvalue weighted by molar-refractivity contribution is 6.12. The molecule has 1 saturated carbocycles. The van der Waals surface area contributed by atoms with Crippen molar-refractivity contribution in [3.05, 3.63) is 65.7 Å². The number of hydrogen-bond donors (Lipinski definition) is 3. The quantitative estimate of drug-likeness (QED) is 0.334. The number of nitrogen functional groups attached to an aromatic ring is 1. The van der Waals surface area contributed by atoms with Crippen LogP contribution in [0, 0.1) is 5.41 Å². The number of benzene rings is 1. The number of nitrogens with two attached hydrogens (primary N) is 1. The summed E-state index contributed by atoms with van der Waals surface area (Å²) < 4.78 is 7.78. The van der Waals surface area contributed by atoms with Gasteiger partial charge in [0.15, 0.2) is 0 Å². The summed E-state index contributed by atoms with van der Waals surface area (Å²) in [5, 5.41) is 21.5. The van der Waals surface area contributed by atoms with E-state index in [-0.39, 0.29) is 6.04 Å². The molecule has 0 aliphatic heterocycles. The molecule has 0 amide bonds. The second kappa shape index (κ2) is 8.54. The lowest BCUT2D eigenvalue weighted by Crippen LogP contribution is -2.07. The maximum atomic E-state index is 8.15. The van der Waals surface area contributed by atoms with E-state index in [0.717, 1.165) is 40.6 Å². The third-order valence-electron chi connectivity index (χ3n) is 5.88. The minimum Gasteiger partial charge on any atom is -0.386 e. The van der Waals surface area contributed by atoms with Crippen molar-refractivity contribution in [2.45, 2.75) is 45.2 Å². The first-order chi connectivity index (χ1) is 16.1. The second-order valence-corrected chi connectivity index (χ2v) is 8.63. The van der Waals surface area contributed by atoms with Crippen LogP contribution in [0.5, 0.6) is 0 Å². The lowest BCUT2D eigenvalue weighted by molar-refractivity contribution is 0.385. The third-order valence-corrected chi connectivity index (χ3v) is 5.88. The van der Waals surface area contributed by atoms with Crippen molar-refractivity contribution in [3.8, 4) is 11.4 Å². The molecule has 0 spiro atoms. The number of nitrogens with zero attached hydrogens (tertiary/aromatic N) is 4. The predicted octanol–water partition coefficient (Wildman–Crippen LogP) is 4.91. The van der Waals surface area contributed by atoms with Crippen LogP contribution in [0.2, 0.25) is 0 Å². The van der Waals surface area contributed by atoms with Crippen LogP contribution in [0.15, 0.2) is 53.3 Å². The SMILES string of the molecule is CC(C)n1nc(-c2noc(C3CC3)c2/C(C=N)=C/NCc2ccccc2)c2c(N)nccc21. The van der Waals surface area contributed by atoms with Gasteiger partial charge in [0, 0.05) is 42.7 Å². The van der Waals surface area contributed by atoms with Crippen LogP contribution < -0.4 is 11.1 Å². The third kappa shape index (κ3) is 3.88. The molecule has 4 aromatic rings. The number of aromatic nitrogens is 4. The molecule has 1 fully saturated rings. The van der Waals surface area contributed by atoms with Crippen molar-refractivity contribution in [1.29, 1.82) is 5.41 Å². The number of allylic oxidation sites excluding steroid dienone is 1. The Hall–Kier alpha value is -3.94. The summed E-state index contributed by atoms with van der Waals surface area (Å²) in [4.78, 5) is 4.29. The fourth-order valence-electron chi connectivity index (χ4n) is 4.10. The Morgan fingerprint density at radius 2 is 2.03 bits per heavy atom. The zero-order valence-electron chi connectivity index (χ0n) is 18.7. The number of fused-ring (bicyclic) bond motifs is 1. The minimum atomic E-state index is 0.131. The van der Waals surface area contributed by atoms with Gasteiger partial charge in [0.05, 0.1) is 16.5 Å². The number of rotatable bonds is 8. The van der Waals surface area contributed by atoms with Gasteiger partial charge < -0.3 is 21.0 Å². The van der Waals surface area contributed by atoms with E-state index in [2.05, 4.69) is 41.4 Å². The van der Waals surface area contributed by atoms with E-state index in [1.807, 2.05) is 35.1 Å². The molecule has 3 heterocycles. The first kappa shape index (κ1) is 20.9. The lowest BCUT2D eigenvalue weighted by Gasteiger charge is -2.07. The summed E-state index contributed by atoms with van der Waals surface area (Å²) in [7, 11) is 0. The Labute approximate surface area is 192 Å². The molecular formula is C25H27N7O. The molecule has 0 atom stereocenters. The Morgan fingerprint density at radius 1 is 1.24 bits per heavy atom. The van der Waals surface area contributed by atoms with Gasteiger partial charge in [-0.05, 0) is 38.3 Å². The van der Waals surface area contributed by atoms with Crippen LogP contribution >= 0.6 is 0 Å². The topological polar surface area (TPSA) is 119 Å². The first-order valence-corrected chi connectivity index (χ1v) is 11.2. The zero-order valence-corrected chi connectivity index (χ0v) is 18.7. The van der Waals surface area contributed by atoms with Crippen molar-refractivity contribution < 1.29 is 4.52 Å². The maximum Gasteiger partial charge on any atom is 0.148 e. The van der Waals surface area contributed by atoms with Gasteiger partial charge in [-0.1, -0.05) is 35.5 Å². The van der Waals surface area contributed by atoms with E-state index in [1.54, 1.807) is 6.20 Å². The van der Waals surface area contributed by atoms with E-state index >= 15 is 0 Å². The Bertz CT molecular complexity index is 1330. The number of pyridine rings is 1. The zero-order chi connectivity index (χ0) is 22.9. The molecular weight excluding hydrogens is 414 g/mol. The molecule has 1 aromatic carbocycles. The minimum absolute atomic E-state index is 0.131. The van der Waals surface area contributed by atoms with Crippen LogP contribution in [0.3, 0.4) is 0 Å². The highest BCUT2D eigenvalue weighted by Gasteiger charge is 2.35. The van der Waals surface area contributed by atoms with Crippen LogP contribution in [0.4, 0.5) is 5.82 Å². The van der Waals surface area contributed by atoms with E-state index in [9.17, 15) is 0 Å². The Morgan fingerprint density at radius 3 is 2.73 bits per heavy atom. The Balaban J connectivity index is 1.62. The summed E-state index contributed by atoms with van der Waals surface area (Å²) in [6.07, 6.45) is 6.98. The smallest absolute Gasteiger partial charge is 0.148 e. The molecule has 8 nitrogen and oxygen atoms in total. The fourth-order valence-corrected chi connectivity index (χ4v) is 4.10. The van der Waals surface area contributed by atoms with Gasteiger partial charge in [0.1, 0.15) is 23.0 Å². The van der Waals surface area contributed by atoms with Crippen LogP contribution in [0.1, 0.15) is 55.5 Å². The van der Waals surface area contributed by atoms with Gasteiger partial charge in [-0.15, -0.1) is 0 Å². The number of anilines is 1. The van der Waals surface area contributed by atoms with Crippen molar-refractivity contribution in [2.75, 3.05) is 5.73 Å². The Kier molecular flexibility index (Phi) is 5.42. The summed E-state index contributed by atoms with van der Waals surface area (Å²) >= 11 is 0. The molecule has 5 rings (SSSR count). The van der Waals surface area contributed by atoms with Crippen LogP contribution in [0.25, 0.3) is 27.9 Å². The normalized spacial score (nSPS) is 14.2. The predicted molar refractivity (Wildman–Crippen MR) is 130 cm³/mol. The molecule has 1 aliphatic rings. The summed E-state index contributed by atoms with van der Waals surface area (Å²) in [5.74, 6) is 1.52. The monoisotopic (exact) mass is 441 g/mol. The van der Waals surface area contributed by atoms with Crippen LogP contribution in [-0.2, 0) is 6.54 Å². The van der Waals surface area contributed by atoms with Gasteiger partial charge in [0.25, 0.3) is 0 Å². The van der Waals surface area contributed by atoms with E-state index in [0.29, 0.717) is 35.2 Å². The average molecular weight is 442 g/mol. The molecule has 8 heteroatoms. The highest BCUT2D eigenvalue weighted by Crippen LogP contribution is 2.46. The molecule has 0 bridgehead atoms. The van der Waals surface area contributed by atoms with Gasteiger partial charge in [0.2, 0.25) is 0 Å².